The van der Waals surface area contributed by atoms with Gasteiger partial charge in [0, 0.05) is 67.2 Å². The molecule has 0 atom stereocenters. The van der Waals surface area contributed by atoms with Gasteiger partial charge in [-0.3, -0.25) is 14.5 Å². The number of nitrogens with one attached hydrogen (secondary N) is 1. The smallest absolute Gasteiger partial charge is 0.220 e. The van der Waals surface area contributed by atoms with Crippen molar-refractivity contribution >= 4 is 50.9 Å². The summed E-state index contributed by atoms with van der Waals surface area (Å²) in [6.07, 6.45) is 5.03. The lowest BCUT2D eigenvalue weighted by Crippen LogP contribution is -2.46. The molecule has 37 heavy (non-hydrogen) atoms. The summed E-state index contributed by atoms with van der Waals surface area (Å²) in [5.74, 6) is 0.147. The molecule has 0 saturated carbocycles. The Labute approximate surface area is 232 Å². The summed E-state index contributed by atoms with van der Waals surface area (Å²) in [4.78, 5) is 30.7. The highest BCUT2D eigenvalue weighted by atomic mass is 79.9. The third-order valence-corrected chi connectivity index (χ3v) is 8.37. The van der Waals surface area contributed by atoms with Crippen molar-refractivity contribution < 1.29 is 9.59 Å². The molecule has 7 heteroatoms. The molecule has 1 heterocycles. The maximum atomic E-state index is 13.6. The van der Waals surface area contributed by atoms with E-state index < -0.39 is 0 Å². The van der Waals surface area contributed by atoms with Gasteiger partial charge >= 0.3 is 0 Å². The van der Waals surface area contributed by atoms with E-state index in [1.165, 1.54) is 16.7 Å². The van der Waals surface area contributed by atoms with E-state index in [0.29, 0.717) is 25.8 Å². The number of benzene rings is 2. The van der Waals surface area contributed by atoms with E-state index in [0.717, 1.165) is 77.3 Å². The molecular weight excluding hydrogens is 550 g/mol. The minimum absolute atomic E-state index is 0.0257. The maximum Gasteiger partial charge on any atom is 0.220 e. The van der Waals surface area contributed by atoms with Crippen LogP contribution in [0.25, 0.3) is 11.6 Å². The van der Waals surface area contributed by atoms with Gasteiger partial charge in [-0.1, -0.05) is 45.7 Å². The first-order chi connectivity index (χ1) is 17.9. The van der Waals surface area contributed by atoms with Crippen LogP contribution in [0.3, 0.4) is 0 Å². The van der Waals surface area contributed by atoms with Crippen molar-refractivity contribution in [1.82, 2.24) is 15.1 Å². The Morgan fingerprint density at radius 2 is 1.81 bits per heavy atom. The van der Waals surface area contributed by atoms with Gasteiger partial charge in [-0.15, -0.1) is 0 Å². The first kappa shape index (κ1) is 26.4. The first-order valence-corrected chi connectivity index (χ1v) is 14.3. The molecule has 1 saturated heterocycles. The number of likely N-dealkylation sites (N-methyl/N-ethyl adjacent to an activating group) is 1. The monoisotopic (exact) mass is 581 g/mol. The Hall–Kier alpha value is -2.25. The van der Waals surface area contributed by atoms with Crippen molar-refractivity contribution in [2.45, 2.75) is 32.1 Å². The van der Waals surface area contributed by atoms with E-state index in [9.17, 15) is 9.59 Å². The lowest BCUT2D eigenvalue weighted by molar-refractivity contribution is -0.121. The average molecular weight is 583 g/mol. The molecule has 0 unspecified atom stereocenters. The van der Waals surface area contributed by atoms with Crippen LogP contribution in [0.5, 0.6) is 0 Å². The Morgan fingerprint density at radius 1 is 1.00 bits per heavy atom. The summed E-state index contributed by atoms with van der Waals surface area (Å²) in [6, 6.07) is 12.2. The quantitative estimate of drug-likeness (QED) is 0.444. The Balaban J connectivity index is 1.21. The predicted octanol–water partition coefficient (Wildman–Crippen LogP) is 5.15. The number of nitrogens with zero attached hydrogens (tertiary/aromatic N) is 2. The normalized spacial score (nSPS) is 17.5. The third-order valence-electron chi connectivity index (χ3n) is 7.64. The van der Waals surface area contributed by atoms with Gasteiger partial charge in [0.1, 0.15) is 0 Å². The molecular formula is C30H33BrClN3O2. The number of hydrogen-bond donors (Lipinski definition) is 1. The average Bonchev–Trinajstić information content (AvgIpc) is 3.46. The number of piperazine rings is 1. The fourth-order valence-corrected chi connectivity index (χ4v) is 6.12. The van der Waals surface area contributed by atoms with Crippen LogP contribution in [-0.4, -0.2) is 67.8 Å². The lowest BCUT2D eigenvalue weighted by Gasteiger charge is -2.32. The van der Waals surface area contributed by atoms with Gasteiger partial charge in [0.15, 0.2) is 5.78 Å². The number of carbonyl (C=O) groups is 2. The molecule has 5 nitrogen and oxygen atoms in total. The summed E-state index contributed by atoms with van der Waals surface area (Å²) < 4.78 is 1.02. The molecule has 5 rings (SSSR count). The Morgan fingerprint density at radius 3 is 2.62 bits per heavy atom. The molecule has 0 bridgehead atoms. The highest BCUT2D eigenvalue weighted by Gasteiger charge is 2.30. The predicted molar refractivity (Wildman–Crippen MR) is 154 cm³/mol. The van der Waals surface area contributed by atoms with Crippen LogP contribution >= 0.6 is 27.5 Å². The van der Waals surface area contributed by atoms with Gasteiger partial charge in [-0.05, 0) is 84.0 Å². The maximum absolute atomic E-state index is 13.6. The zero-order valence-electron chi connectivity index (χ0n) is 21.3. The van der Waals surface area contributed by atoms with E-state index in [-0.39, 0.29) is 11.7 Å². The minimum atomic E-state index is 0.0257. The second kappa shape index (κ2) is 11.6. The largest absolute Gasteiger partial charge is 0.355 e. The number of allylic oxidation sites excluding steroid dienone is 3. The Bertz CT molecular complexity index is 1280. The second-order valence-electron chi connectivity index (χ2n) is 10.3. The molecule has 0 aromatic heterocycles. The van der Waals surface area contributed by atoms with Gasteiger partial charge in [-0.25, -0.2) is 0 Å². The van der Waals surface area contributed by atoms with Gasteiger partial charge in [0.05, 0.1) is 0 Å². The van der Waals surface area contributed by atoms with Crippen molar-refractivity contribution in [2.24, 2.45) is 0 Å². The fraction of sp³-hybridized carbons (Fsp3) is 0.400. The van der Waals surface area contributed by atoms with Crippen LogP contribution in [0.15, 0.2) is 52.0 Å². The van der Waals surface area contributed by atoms with Crippen molar-refractivity contribution in [3.8, 4) is 0 Å². The number of ketones is 1. The Kier molecular flexibility index (Phi) is 8.30. The van der Waals surface area contributed by atoms with Gasteiger partial charge in [0.2, 0.25) is 5.91 Å². The van der Waals surface area contributed by atoms with Crippen LogP contribution < -0.4 is 5.32 Å². The van der Waals surface area contributed by atoms with E-state index >= 15 is 0 Å². The van der Waals surface area contributed by atoms with Gasteiger partial charge in [0.25, 0.3) is 0 Å². The number of Topliss-reactive ketones (excluding diaryl/α,β-unsaturated/α-hetero) is 1. The van der Waals surface area contributed by atoms with Crippen LogP contribution in [-0.2, 0) is 22.4 Å². The van der Waals surface area contributed by atoms with Crippen molar-refractivity contribution in [1.29, 1.82) is 0 Å². The molecule has 1 N–H and O–H groups in total. The topological polar surface area (TPSA) is 52.6 Å². The van der Waals surface area contributed by atoms with Crippen LogP contribution in [0.1, 0.15) is 41.5 Å². The molecule has 2 aliphatic carbocycles. The van der Waals surface area contributed by atoms with Gasteiger partial charge < -0.3 is 10.2 Å². The highest BCUT2D eigenvalue weighted by Crippen LogP contribution is 2.42. The van der Waals surface area contributed by atoms with Gasteiger partial charge in [-0.2, -0.15) is 0 Å². The number of fused-ring (bicyclic) bond motifs is 2. The van der Waals surface area contributed by atoms with E-state index in [1.807, 2.05) is 24.3 Å². The van der Waals surface area contributed by atoms with Crippen LogP contribution in [0.2, 0.25) is 5.02 Å². The van der Waals surface area contributed by atoms with E-state index in [4.69, 9.17) is 11.6 Å². The number of halogens is 2. The third kappa shape index (κ3) is 6.26. The molecule has 1 amide bonds. The highest BCUT2D eigenvalue weighted by molar-refractivity contribution is 9.10. The first-order valence-electron chi connectivity index (χ1n) is 13.1. The summed E-state index contributed by atoms with van der Waals surface area (Å²) in [7, 11) is 2.14. The number of hydrogen-bond acceptors (Lipinski definition) is 4. The fourth-order valence-electron chi connectivity index (χ4n) is 5.53. The molecule has 0 spiro atoms. The van der Waals surface area contributed by atoms with Crippen LogP contribution in [0, 0.1) is 0 Å². The molecule has 1 aliphatic heterocycles. The summed E-state index contributed by atoms with van der Waals surface area (Å²) in [5, 5.41) is 3.76. The molecule has 0 radical (unpaired) electrons. The summed E-state index contributed by atoms with van der Waals surface area (Å²) in [6.45, 7) is 5.78. The zero-order valence-corrected chi connectivity index (χ0v) is 23.6. The lowest BCUT2D eigenvalue weighted by atomic mass is 9.94. The molecule has 3 aliphatic rings. The molecule has 2 aromatic rings. The number of amides is 1. The molecule has 1 fully saturated rings. The molecule has 2 aromatic carbocycles. The van der Waals surface area contributed by atoms with E-state index in [1.54, 1.807) is 0 Å². The van der Waals surface area contributed by atoms with Crippen molar-refractivity contribution in [3.63, 3.8) is 0 Å². The SMILES string of the molecule is CN1CCN(CCNC(=O)CCCC(=O)C2=C(C3=Cc4cc(Cl)ccc4C3)Cc3cc(Br)ccc32)CC1. The number of rotatable bonds is 9. The standard InChI is InChI=1S/C30H33BrClN3O2/c1-34-11-13-35(14-12-34)10-9-33-29(37)4-2-3-28(36)30-26-8-6-24(31)17-23(26)19-27(30)22-15-20-5-7-25(32)18-21(20)16-22/h5-8,16-18H,2-4,9-15,19H2,1H3,(H,33,37). The van der Waals surface area contributed by atoms with E-state index in [2.05, 4.69) is 56.3 Å². The molecule has 194 valence electrons. The minimum Gasteiger partial charge on any atom is -0.355 e. The number of carbonyl (C=O) groups excluding carboxylic acids is 2. The van der Waals surface area contributed by atoms with Crippen LogP contribution in [0.4, 0.5) is 0 Å². The van der Waals surface area contributed by atoms with Crippen molar-refractivity contribution in [2.75, 3.05) is 46.3 Å². The zero-order chi connectivity index (χ0) is 25.9. The summed E-state index contributed by atoms with van der Waals surface area (Å²) >= 11 is 9.80. The second-order valence-corrected chi connectivity index (χ2v) is 11.6. The van der Waals surface area contributed by atoms with Crippen molar-refractivity contribution in [3.05, 3.63) is 79.3 Å². The summed E-state index contributed by atoms with van der Waals surface area (Å²) in [5.41, 5.74) is 7.69.